The first-order valence-electron chi connectivity index (χ1n) is 6.37. The van der Waals surface area contributed by atoms with Crippen molar-refractivity contribution in [3.8, 4) is 0 Å². The highest BCUT2D eigenvalue weighted by atomic mass is 16.5. The Labute approximate surface area is 104 Å². The molecule has 1 fully saturated rings. The van der Waals surface area contributed by atoms with Gasteiger partial charge in [0.25, 0.3) is 0 Å². The molecule has 17 heavy (non-hydrogen) atoms. The van der Waals surface area contributed by atoms with Crippen molar-refractivity contribution < 1.29 is 9.53 Å². The predicted molar refractivity (Wildman–Crippen MR) is 67.7 cm³/mol. The molecule has 0 aromatic rings. The average Bonchev–Trinajstić information content (AvgIpc) is 2.28. The summed E-state index contributed by atoms with van der Waals surface area (Å²) in [6.07, 6.45) is 3.22. The van der Waals surface area contributed by atoms with Crippen LogP contribution in [0, 0.1) is 0 Å². The van der Waals surface area contributed by atoms with E-state index in [1.807, 2.05) is 0 Å². The van der Waals surface area contributed by atoms with Gasteiger partial charge in [0.1, 0.15) is 0 Å². The summed E-state index contributed by atoms with van der Waals surface area (Å²) >= 11 is 0. The normalized spacial score (nSPS) is 20.4. The van der Waals surface area contributed by atoms with Crippen LogP contribution in [0.15, 0.2) is 0 Å². The van der Waals surface area contributed by atoms with E-state index in [9.17, 15) is 4.79 Å². The molecular weight excluding hydrogens is 218 g/mol. The summed E-state index contributed by atoms with van der Waals surface area (Å²) < 4.78 is 5.06. The lowest BCUT2D eigenvalue weighted by Gasteiger charge is -2.33. The molecule has 1 saturated heterocycles. The summed E-state index contributed by atoms with van der Waals surface area (Å²) in [7, 11) is 1.73. The number of ether oxygens (including phenoxy) is 1. The molecule has 3 N–H and O–H groups in total. The molecule has 0 spiro atoms. The van der Waals surface area contributed by atoms with Crippen molar-refractivity contribution in [1.82, 2.24) is 10.2 Å². The van der Waals surface area contributed by atoms with Crippen molar-refractivity contribution in [2.45, 2.75) is 38.3 Å². The van der Waals surface area contributed by atoms with Crippen molar-refractivity contribution >= 4 is 5.91 Å². The molecule has 0 saturated carbocycles. The number of nitrogens with two attached hydrogens (primary N) is 1. The van der Waals surface area contributed by atoms with Crippen molar-refractivity contribution in [3.05, 3.63) is 0 Å². The largest absolute Gasteiger partial charge is 0.385 e. The first-order chi connectivity index (χ1) is 8.11. The summed E-state index contributed by atoms with van der Waals surface area (Å²) in [5.74, 6) is -0.232. The Morgan fingerprint density at radius 3 is 2.71 bits per heavy atom. The fourth-order valence-electron chi connectivity index (χ4n) is 2.26. The van der Waals surface area contributed by atoms with Crippen molar-refractivity contribution in [2.24, 2.45) is 5.73 Å². The molecule has 100 valence electrons. The van der Waals surface area contributed by atoms with Gasteiger partial charge < -0.3 is 15.8 Å². The third kappa shape index (κ3) is 6.00. The van der Waals surface area contributed by atoms with Gasteiger partial charge >= 0.3 is 0 Å². The molecule has 1 aliphatic heterocycles. The lowest BCUT2D eigenvalue weighted by atomic mass is 10.0. The number of carbonyl (C=O) groups excluding carboxylic acids is 1. The van der Waals surface area contributed by atoms with Gasteiger partial charge in [-0.15, -0.1) is 0 Å². The topological polar surface area (TPSA) is 67.6 Å². The fraction of sp³-hybridized carbons (Fsp3) is 0.917. The monoisotopic (exact) mass is 243 g/mol. The number of rotatable bonds is 7. The maximum Gasteiger partial charge on any atom is 0.231 e. The molecule has 0 aliphatic carbocycles. The van der Waals surface area contributed by atoms with E-state index in [0.717, 1.165) is 39.0 Å². The van der Waals surface area contributed by atoms with Gasteiger partial charge in [0, 0.05) is 38.9 Å². The summed E-state index contributed by atoms with van der Waals surface area (Å²) in [5.41, 5.74) is 5.18. The third-order valence-corrected chi connectivity index (χ3v) is 3.24. The van der Waals surface area contributed by atoms with Crippen LogP contribution >= 0.6 is 0 Å². The second-order valence-corrected chi connectivity index (χ2v) is 4.87. The number of primary amides is 1. The SMILES string of the molecule is COCCC(C)NC1CCN(CC(N)=O)CC1. The van der Waals surface area contributed by atoms with Gasteiger partial charge in [0.05, 0.1) is 6.54 Å². The number of piperidine rings is 1. The molecule has 1 unspecified atom stereocenters. The molecule has 0 aromatic carbocycles. The zero-order valence-corrected chi connectivity index (χ0v) is 10.9. The van der Waals surface area contributed by atoms with E-state index in [-0.39, 0.29) is 5.91 Å². The highest BCUT2D eigenvalue weighted by Crippen LogP contribution is 2.11. The molecule has 0 bridgehead atoms. The number of likely N-dealkylation sites (tertiary alicyclic amines) is 1. The van der Waals surface area contributed by atoms with Crippen molar-refractivity contribution in [2.75, 3.05) is 33.4 Å². The van der Waals surface area contributed by atoms with Crippen molar-refractivity contribution in [1.29, 1.82) is 0 Å². The third-order valence-electron chi connectivity index (χ3n) is 3.24. The van der Waals surface area contributed by atoms with E-state index >= 15 is 0 Å². The summed E-state index contributed by atoms with van der Waals surface area (Å²) in [6.45, 7) is 5.30. The van der Waals surface area contributed by atoms with Crippen LogP contribution in [0.1, 0.15) is 26.2 Å². The van der Waals surface area contributed by atoms with Crippen LogP contribution in [0.5, 0.6) is 0 Å². The Kier molecular flexibility index (Phi) is 6.47. The van der Waals surface area contributed by atoms with E-state index in [4.69, 9.17) is 10.5 Å². The Hall–Kier alpha value is -0.650. The predicted octanol–water partition coefficient (Wildman–Crippen LogP) is -0.0493. The van der Waals surface area contributed by atoms with Crippen LogP contribution in [0.4, 0.5) is 0 Å². The van der Waals surface area contributed by atoms with Crippen LogP contribution in [0.2, 0.25) is 0 Å². The smallest absolute Gasteiger partial charge is 0.231 e. The van der Waals surface area contributed by atoms with Crippen LogP contribution < -0.4 is 11.1 Å². The van der Waals surface area contributed by atoms with Gasteiger partial charge in [-0.05, 0) is 26.2 Å². The maximum absolute atomic E-state index is 10.8. The molecule has 1 amide bonds. The Bertz CT molecular complexity index is 228. The summed E-state index contributed by atoms with van der Waals surface area (Å²) in [6, 6.07) is 1.05. The molecule has 1 aliphatic rings. The molecule has 5 nitrogen and oxygen atoms in total. The van der Waals surface area contributed by atoms with Gasteiger partial charge in [-0.1, -0.05) is 0 Å². The van der Waals surface area contributed by atoms with E-state index < -0.39 is 0 Å². The van der Waals surface area contributed by atoms with E-state index in [1.165, 1.54) is 0 Å². The molecular formula is C12H25N3O2. The van der Waals surface area contributed by atoms with Crippen LogP contribution in [0.3, 0.4) is 0 Å². The molecule has 5 heteroatoms. The number of amides is 1. The molecule has 1 heterocycles. The van der Waals surface area contributed by atoms with Gasteiger partial charge in [-0.25, -0.2) is 0 Å². The van der Waals surface area contributed by atoms with Gasteiger partial charge in [-0.3, -0.25) is 9.69 Å². The van der Waals surface area contributed by atoms with Crippen LogP contribution in [0.25, 0.3) is 0 Å². The molecule has 1 rings (SSSR count). The highest BCUT2D eigenvalue weighted by Gasteiger charge is 2.20. The number of methoxy groups -OCH3 is 1. The number of nitrogens with one attached hydrogen (secondary N) is 1. The van der Waals surface area contributed by atoms with E-state index in [1.54, 1.807) is 7.11 Å². The first kappa shape index (κ1) is 14.4. The molecule has 1 atom stereocenters. The summed E-state index contributed by atoms with van der Waals surface area (Å²) in [5, 5.41) is 3.60. The van der Waals surface area contributed by atoms with Crippen LogP contribution in [-0.4, -0.2) is 56.2 Å². The second kappa shape index (κ2) is 7.63. The van der Waals surface area contributed by atoms with Crippen molar-refractivity contribution in [3.63, 3.8) is 0 Å². The fourth-order valence-corrected chi connectivity index (χ4v) is 2.26. The standard InChI is InChI=1S/C12H25N3O2/c1-10(5-8-17-2)14-11-3-6-15(7-4-11)9-12(13)16/h10-11,14H,3-9H2,1-2H3,(H2,13,16). The minimum atomic E-state index is -0.232. The molecule has 0 aromatic heterocycles. The Morgan fingerprint density at radius 2 is 2.18 bits per heavy atom. The first-order valence-corrected chi connectivity index (χ1v) is 6.37. The van der Waals surface area contributed by atoms with Crippen LogP contribution in [-0.2, 0) is 9.53 Å². The lowest BCUT2D eigenvalue weighted by molar-refractivity contribution is -0.119. The lowest BCUT2D eigenvalue weighted by Crippen LogP contribution is -2.47. The Balaban J connectivity index is 2.16. The molecule has 0 radical (unpaired) electrons. The van der Waals surface area contributed by atoms with E-state index in [0.29, 0.717) is 18.6 Å². The van der Waals surface area contributed by atoms with Gasteiger partial charge in [0.15, 0.2) is 0 Å². The Morgan fingerprint density at radius 1 is 1.53 bits per heavy atom. The maximum atomic E-state index is 10.8. The highest BCUT2D eigenvalue weighted by molar-refractivity contribution is 5.75. The zero-order valence-electron chi connectivity index (χ0n) is 10.9. The number of hydrogen-bond donors (Lipinski definition) is 2. The minimum absolute atomic E-state index is 0.232. The van der Waals surface area contributed by atoms with Gasteiger partial charge in [-0.2, -0.15) is 0 Å². The average molecular weight is 243 g/mol. The second-order valence-electron chi connectivity index (χ2n) is 4.87. The number of carbonyl (C=O) groups is 1. The minimum Gasteiger partial charge on any atom is -0.385 e. The number of hydrogen-bond acceptors (Lipinski definition) is 4. The summed E-state index contributed by atoms with van der Waals surface area (Å²) in [4.78, 5) is 12.9. The van der Waals surface area contributed by atoms with Gasteiger partial charge in [0.2, 0.25) is 5.91 Å². The zero-order chi connectivity index (χ0) is 12.7. The van der Waals surface area contributed by atoms with E-state index in [2.05, 4.69) is 17.1 Å². The number of nitrogens with zero attached hydrogens (tertiary/aromatic N) is 1. The quantitative estimate of drug-likeness (QED) is 0.658.